The minimum atomic E-state index is -0.166. The van der Waals surface area contributed by atoms with Gasteiger partial charge in [0.25, 0.3) is 0 Å². The predicted octanol–water partition coefficient (Wildman–Crippen LogP) is 5.77. The molecule has 4 heteroatoms. The van der Waals surface area contributed by atoms with Crippen molar-refractivity contribution >= 4 is 5.97 Å². The van der Waals surface area contributed by atoms with Crippen molar-refractivity contribution < 1.29 is 14.4 Å². The summed E-state index contributed by atoms with van der Waals surface area (Å²) in [6, 6.07) is 0. The number of piperidine rings is 1. The van der Waals surface area contributed by atoms with Crippen molar-refractivity contribution in [3.8, 4) is 0 Å². The van der Waals surface area contributed by atoms with Crippen LogP contribution in [-0.4, -0.2) is 35.3 Å². The van der Waals surface area contributed by atoms with E-state index in [2.05, 4.69) is 81.4 Å². The number of rotatable bonds is 5. The van der Waals surface area contributed by atoms with Gasteiger partial charge in [-0.2, -0.15) is 5.06 Å². The van der Waals surface area contributed by atoms with Gasteiger partial charge in [-0.15, -0.1) is 0 Å². The quantitative estimate of drug-likeness (QED) is 0.423. The third kappa shape index (κ3) is 5.73. The average molecular weight is 414 g/mol. The highest BCUT2D eigenvalue weighted by atomic mass is 16.7. The van der Waals surface area contributed by atoms with Crippen LogP contribution in [0.5, 0.6) is 0 Å². The van der Waals surface area contributed by atoms with Gasteiger partial charge in [0.05, 0.1) is 13.0 Å². The number of hydrogen-bond donors (Lipinski definition) is 0. The smallest absolute Gasteiger partial charge is 0.309 e. The number of allylic oxidation sites excluding steroid dienone is 8. The lowest BCUT2D eigenvalue weighted by atomic mass is 9.79. The highest BCUT2D eigenvalue weighted by Gasteiger charge is 2.47. The first-order chi connectivity index (χ1) is 14.2. The third-order valence-corrected chi connectivity index (χ3v) is 6.73. The van der Waals surface area contributed by atoms with Gasteiger partial charge in [-0.3, -0.25) is 4.79 Å². The van der Waals surface area contributed by atoms with Crippen molar-refractivity contribution in [2.75, 3.05) is 7.11 Å². The molecule has 1 aliphatic heterocycles. The van der Waals surface area contributed by atoms with Crippen molar-refractivity contribution in [3.63, 3.8) is 0 Å². The molecule has 0 radical (unpaired) electrons. The van der Waals surface area contributed by atoms with E-state index in [1.165, 1.54) is 0 Å². The summed E-state index contributed by atoms with van der Waals surface area (Å²) in [5, 5.41) is 2.05. The zero-order chi connectivity index (χ0) is 21.8. The fourth-order valence-electron chi connectivity index (χ4n) is 5.55. The lowest BCUT2D eigenvalue weighted by Gasteiger charge is -2.52. The number of ether oxygens (including phenoxy) is 1. The van der Waals surface area contributed by atoms with E-state index in [-0.39, 0.29) is 29.1 Å². The van der Waals surface area contributed by atoms with E-state index >= 15 is 0 Å². The van der Waals surface area contributed by atoms with E-state index in [4.69, 9.17) is 9.57 Å². The Hall–Kier alpha value is -1.65. The molecule has 2 fully saturated rings. The van der Waals surface area contributed by atoms with Gasteiger partial charge in [-0.05, 0) is 59.3 Å². The molecule has 0 unspecified atom stereocenters. The molecule has 1 saturated carbocycles. The SMILES string of the molecule is CON1C(C)(C)CC(OC(=O)C2CCC(/C=C/C3C=CC=CC=C3)CC2)CC1(C)C. The monoisotopic (exact) mass is 413 g/mol. The highest BCUT2D eigenvalue weighted by Crippen LogP contribution is 2.40. The van der Waals surface area contributed by atoms with Crippen molar-refractivity contribution in [1.29, 1.82) is 0 Å². The molecule has 0 amide bonds. The number of carbonyl (C=O) groups excluding carboxylic acids is 1. The topological polar surface area (TPSA) is 38.8 Å². The molecule has 0 bridgehead atoms. The number of hydrogen-bond acceptors (Lipinski definition) is 4. The number of carbonyl (C=O) groups is 1. The van der Waals surface area contributed by atoms with Crippen LogP contribution in [0.1, 0.15) is 66.2 Å². The molecule has 0 spiro atoms. The van der Waals surface area contributed by atoms with Gasteiger partial charge in [0.15, 0.2) is 0 Å². The first-order valence-corrected chi connectivity index (χ1v) is 11.5. The van der Waals surface area contributed by atoms with E-state index < -0.39 is 0 Å². The van der Waals surface area contributed by atoms with E-state index in [9.17, 15) is 4.79 Å². The predicted molar refractivity (Wildman–Crippen MR) is 122 cm³/mol. The fourth-order valence-corrected chi connectivity index (χ4v) is 5.55. The molecular weight excluding hydrogens is 374 g/mol. The largest absolute Gasteiger partial charge is 0.462 e. The molecule has 30 heavy (non-hydrogen) atoms. The molecule has 0 aromatic rings. The zero-order valence-electron chi connectivity index (χ0n) is 19.3. The Balaban J connectivity index is 1.48. The third-order valence-electron chi connectivity index (χ3n) is 6.73. The highest BCUT2D eigenvalue weighted by molar-refractivity contribution is 5.72. The number of esters is 1. The summed E-state index contributed by atoms with van der Waals surface area (Å²) < 4.78 is 6.03. The van der Waals surface area contributed by atoms with Crippen LogP contribution in [-0.2, 0) is 14.4 Å². The second-order valence-electron chi connectivity index (χ2n) is 10.3. The van der Waals surface area contributed by atoms with E-state index in [1.54, 1.807) is 7.11 Å². The lowest BCUT2D eigenvalue weighted by molar-refractivity contribution is -0.278. The van der Waals surface area contributed by atoms with Gasteiger partial charge in [-0.25, -0.2) is 0 Å². The van der Waals surface area contributed by atoms with Crippen LogP contribution in [0.3, 0.4) is 0 Å². The maximum atomic E-state index is 12.9. The summed E-state index contributed by atoms with van der Waals surface area (Å²) in [6.45, 7) is 8.63. The van der Waals surface area contributed by atoms with Crippen molar-refractivity contribution in [2.24, 2.45) is 17.8 Å². The van der Waals surface area contributed by atoms with Gasteiger partial charge in [0, 0.05) is 29.8 Å². The molecule has 0 N–H and O–H groups in total. The van der Waals surface area contributed by atoms with Crippen molar-refractivity contribution in [3.05, 3.63) is 48.6 Å². The molecule has 1 heterocycles. The van der Waals surface area contributed by atoms with Gasteiger partial charge in [-0.1, -0.05) is 48.6 Å². The Labute approximate surface area is 182 Å². The maximum Gasteiger partial charge on any atom is 0.309 e. The van der Waals surface area contributed by atoms with Crippen LogP contribution in [0.15, 0.2) is 48.6 Å². The summed E-state index contributed by atoms with van der Waals surface area (Å²) in [7, 11) is 1.72. The average Bonchev–Trinajstić information content (AvgIpc) is 2.94. The zero-order valence-corrected chi connectivity index (χ0v) is 19.3. The molecule has 2 aliphatic carbocycles. The number of nitrogens with zero attached hydrogens (tertiary/aromatic N) is 1. The molecule has 4 nitrogen and oxygen atoms in total. The van der Waals surface area contributed by atoms with E-state index in [0.29, 0.717) is 11.8 Å². The standard InChI is InChI=1S/C26H39NO3/c1-25(2)18-23(19-26(3,4)27(25)29-5)30-24(28)22-16-14-21(15-17-22)13-12-20-10-8-6-7-9-11-20/h6-13,20-23H,14-19H2,1-5H3/b13-12+. The Morgan fingerprint density at radius 3 is 2.00 bits per heavy atom. The lowest BCUT2D eigenvalue weighted by Crippen LogP contribution is -2.61. The summed E-state index contributed by atoms with van der Waals surface area (Å²) in [5.74, 6) is 0.978. The second-order valence-corrected chi connectivity index (χ2v) is 10.3. The van der Waals surface area contributed by atoms with Crippen LogP contribution in [0, 0.1) is 17.8 Å². The van der Waals surface area contributed by atoms with Crippen LogP contribution in [0.2, 0.25) is 0 Å². The molecule has 0 atom stereocenters. The first kappa shape index (κ1) is 23.0. The molecule has 3 aliphatic rings. The first-order valence-electron chi connectivity index (χ1n) is 11.5. The van der Waals surface area contributed by atoms with Gasteiger partial charge in [0.2, 0.25) is 0 Å². The summed E-state index contributed by atoms with van der Waals surface area (Å²) in [6.07, 6.45) is 22.9. The minimum Gasteiger partial charge on any atom is -0.462 e. The van der Waals surface area contributed by atoms with Gasteiger partial charge < -0.3 is 9.57 Å². The van der Waals surface area contributed by atoms with E-state index in [1.807, 2.05) is 0 Å². The Bertz CT molecular complexity index is 674. The second kappa shape index (κ2) is 9.65. The normalized spacial score (nSPS) is 29.9. The number of hydroxylamine groups is 2. The molecule has 1 saturated heterocycles. The van der Waals surface area contributed by atoms with Crippen LogP contribution < -0.4 is 0 Å². The van der Waals surface area contributed by atoms with Crippen LogP contribution in [0.25, 0.3) is 0 Å². The molecular formula is C26H39NO3. The molecule has 0 aromatic carbocycles. The van der Waals surface area contributed by atoms with Crippen molar-refractivity contribution in [1.82, 2.24) is 5.06 Å². The van der Waals surface area contributed by atoms with E-state index in [0.717, 1.165) is 38.5 Å². The molecule has 166 valence electrons. The Morgan fingerprint density at radius 2 is 1.47 bits per heavy atom. The van der Waals surface area contributed by atoms with Crippen LogP contribution in [0.4, 0.5) is 0 Å². The fraction of sp³-hybridized carbons (Fsp3) is 0.654. The summed E-state index contributed by atoms with van der Waals surface area (Å²) >= 11 is 0. The van der Waals surface area contributed by atoms with Gasteiger partial charge in [0.1, 0.15) is 6.10 Å². The van der Waals surface area contributed by atoms with Crippen LogP contribution >= 0.6 is 0 Å². The Kier molecular flexibility index (Phi) is 7.41. The van der Waals surface area contributed by atoms with Gasteiger partial charge >= 0.3 is 5.97 Å². The maximum absolute atomic E-state index is 12.9. The van der Waals surface area contributed by atoms with Crippen molar-refractivity contribution in [2.45, 2.75) is 83.4 Å². The molecule has 0 aromatic heterocycles. The Morgan fingerprint density at radius 1 is 0.900 bits per heavy atom. The minimum absolute atomic E-state index is 0.000561. The molecule has 3 rings (SSSR count). The summed E-state index contributed by atoms with van der Waals surface area (Å²) in [4.78, 5) is 18.5. The summed E-state index contributed by atoms with van der Waals surface area (Å²) in [5.41, 5.74) is -0.333.